The van der Waals surface area contributed by atoms with Gasteiger partial charge in [0.1, 0.15) is 5.60 Å². The minimum absolute atomic E-state index is 0.155. The molecule has 2 rings (SSSR count). The highest BCUT2D eigenvalue weighted by atomic mass is 127. The van der Waals surface area contributed by atoms with Crippen molar-refractivity contribution in [3.8, 4) is 0 Å². The number of hydrogen-bond donors (Lipinski definition) is 0. The molecule has 1 saturated carbocycles. The Morgan fingerprint density at radius 2 is 2.00 bits per heavy atom. The van der Waals surface area contributed by atoms with Gasteiger partial charge in [0.2, 0.25) is 0 Å². The zero-order chi connectivity index (χ0) is 14.8. The molecule has 1 heterocycles. The monoisotopic (exact) mass is 395 g/mol. The summed E-state index contributed by atoms with van der Waals surface area (Å²) in [5.74, 6) is 0.968. The molecule has 0 spiro atoms. The van der Waals surface area contributed by atoms with Gasteiger partial charge in [-0.25, -0.2) is 4.79 Å². The Morgan fingerprint density at radius 1 is 1.30 bits per heavy atom. The predicted octanol–water partition coefficient (Wildman–Crippen LogP) is 3.62. The van der Waals surface area contributed by atoms with Crippen LogP contribution in [0.3, 0.4) is 0 Å². The number of hydrogen-bond acceptors (Lipinski definition) is 3. The minimum atomic E-state index is -0.430. The van der Waals surface area contributed by atoms with Crippen LogP contribution in [0.5, 0.6) is 0 Å². The summed E-state index contributed by atoms with van der Waals surface area (Å²) >= 11 is 2.38. The molecule has 116 valence electrons. The summed E-state index contributed by atoms with van der Waals surface area (Å²) in [7, 11) is 0. The third kappa shape index (κ3) is 5.39. The summed E-state index contributed by atoms with van der Waals surface area (Å²) < 4.78 is 11.7. The summed E-state index contributed by atoms with van der Waals surface area (Å²) in [6, 6.07) is 0. The highest BCUT2D eigenvalue weighted by Gasteiger charge is 2.36. The maximum absolute atomic E-state index is 12.0. The number of amides is 1. The van der Waals surface area contributed by atoms with Crippen LogP contribution >= 0.6 is 22.6 Å². The fourth-order valence-electron chi connectivity index (χ4n) is 2.38. The Balaban J connectivity index is 1.68. The van der Waals surface area contributed by atoms with Crippen LogP contribution in [0.1, 0.15) is 46.5 Å². The third-order valence-electron chi connectivity index (χ3n) is 3.64. The number of alkyl halides is 1. The quantitative estimate of drug-likeness (QED) is 0.406. The van der Waals surface area contributed by atoms with Crippen LogP contribution in [0.2, 0.25) is 0 Å². The summed E-state index contributed by atoms with van der Waals surface area (Å²) in [5, 5.41) is 0. The van der Waals surface area contributed by atoms with Crippen molar-refractivity contribution in [3.05, 3.63) is 0 Å². The molecule has 2 unspecified atom stereocenters. The van der Waals surface area contributed by atoms with Crippen LogP contribution in [0.15, 0.2) is 0 Å². The van der Waals surface area contributed by atoms with E-state index in [1.54, 1.807) is 4.90 Å². The van der Waals surface area contributed by atoms with Crippen molar-refractivity contribution in [1.82, 2.24) is 4.90 Å². The normalized spacial score (nSPS) is 26.9. The van der Waals surface area contributed by atoms with Gasteiger partial charge < -0.3 is 14.4 Å². The molecule has 5 heteroatoms. The van der Waals surface area contributed by atoms with Crippen molar-refractivity contribution in [2.75, 3.05) is 19.7 Å². The highest BCUT2D eigenvalue weighted by Crippen LogP contribution is 2.33. The Morgan fingerprint density at radius 3 is 2.60 bits per heavy atom. The van der Waals surface area contributed by atoms with Gasteiger partial charge in [-0.2, -0.15) is 0 Å². The second-order valence-electron chi connectivity index (χ2n) is 6.90. The molecular formula is C15H26INO3. The molecule has 20 heavy (non-hydrogen) atoms. The predicted molar refractivity (Wildman–Crippen MR) is 87.3 cm³/mol. The number of nitrogens with zero attached hydrogens (tertiary/aromatic N) is 1. The number of likely N-dealkylation sites (tertiary alicyclic amines) is 1. The minimum Gasteiger partial charge on any atom is -0.444 e. The van der Waals surface area contributed by atoms with Crippen molar-refractivity contribution in [2.45, 2.75) is 62.1 Å². The molecule has 2 aliphatic rings. The average molecular weight is 395 g/mol. The molecule has 0 aromatic carbocycles. The van der Waals surface area contributed by atoms with Gasteiger partial charge in [-0.15, -0.1) is 0 Å². The van der Waals surface area contributed by atoms with Gasteiger partial charge >= 0.3 is 6.09 Å². The summed E-state index contributed by atoms with van der Waals surface area (Å²) in [6.45, 7) is 7.90. The lowest BCUT2D eigenvalue weighted by atomic mass is 10.2. The van der Waals surface area contributed by atoms with Crippen molar-refractivity contribution >= 4 is 28.7 Å². The summed E-state index contributed by atoms with van der Waals surface area (Å²) in [4.78, 5) is 13.8. The maximum Gasteiger partial charge on any atom is 0.410 e. The molecule has 1 saturated heterocycles. The Hall–Kier alpha value is -0.0400. The fourth-order valence-corrected chi connectivity index (χ4v) is 3.29. The molecule has 1 aliphatic carbocycles. The van der Waals surface area contributed by atoms with Crippen LogP contribution in [0.4, 0.5) is 4.79 Å². The zero-order valence-corrected chi connectivity index (χ0v) is 14.9. The second-order valence-corrected chi connectivity index (χ2v) is 8.50. The van der Waals surface area contributed by atoms with E-state index in [1.807, 2.05) is 20.8 Å². The number of ether oxygens (including phenoxy) is 2. The van der Waals surface area contributed by atoms with Gasteiger partial charge in [0, 0.05) is 13.2 Å². The first kappa shape index (κ1) is 16.3. The van der Waals surface area contributed by atoms with Crippen molar-refractivity contribution < 1.29 is 14.3 Å². The topological polar surface area (TPSA) is 38.8 Å². The van der Waals surface area contributed by atoms with E-state index < -0.39 is 5.60 Å². The second kappa shape index (κ2) is 6.81. The number of carbonyl (C=O) groups is 1. The van der Waals surface area contributed by atoms with Crippen LogP contribution in [-0.2, 0) is 9.47 Å². The van der Waals surface area contributed by atoms with Gasteiger partial charge in [0.15, 0.2) is 0 Å². The largest absolute Gasteiger partial charge is 0.444 e. The summed E-state index contributed by atoms with van der Waals surface area (Å²) in [6.07, 6.45) is 5.20. The third-order valence-corrected chi connectivity index (χ3v) is 4.83. The molecule has 1 aliphatic heterocycles. The van der Waals surface area contributed by atoms with E-state index in [4.69, 9.17) is 9.47 Å². The molecule has 1 amide bonds. The zero-order valence-electron chi connectivity index (χ0n) is 12.7. The van der Waals surface area contributed by atoms with E-state index in [0.717, 1.165) is 25.5 Å². The van der Waals surface area contributed by atoms with Gasteiger partial charge in [0.25, 0.3) is 0 Å². The maximum atomic E-state index is 12.0. The van der Waals surface area contributed by atoms with E-state index in [2.05, 4.69) is 22.6 Å². The lowest BCUT2D eigenvalue weighted by Gasteiger charge is -2.24. The van der Waals surface area contributed by atoms with Gasteiger partial charge in [-0.3, -0.25) is 0 Å². The molecule has 2 fully saturated rings. The van der Waals surface area contributed by atoms with Gasteiger partial charge in [-0.05, 0) is 39.5 Å². The molecule has 0 N–H and O–H groups in total. The number of rotatable bonds is 5. The fraction of sp³-hybridized carbons (Fsp3) is 0.933. The Bertz CT molecular complexity index is 339. The van der Waals surface area contributed by atoms with Gasteiger partial charge in [0.05, 0.1) is 16.6 Å². The van der Waals surface area contributed by atoms with Crippen LogP contribution in [0.25, 0.3) is 0 Å². The number of carbonyl (C=O) groups excluding carboxylic acids is 1. The van der Waals surface area contributed by atoms with Crippen molar-refractivity contribution in [2.24, 2.45) is 5.92 Å². The first-order valence-electron chi connectivity index (χ1n) is 7.59. The van der Waals surface area contributed by atoms with E-state index >= 15 is 0 Å². The Labute approximate surface area is 135 Å². The van der Waals surface area contributed by atoms with Crippen LogP contribution in [-0.4, -0.2) is 46.3 Å². The van der Waals surface area contributed by atoms with E-state index in [-0.39, 0.29) is 12.2 Å². The number of halogens is 1. The van der Waals surface area contributed by atoms with Crippen molar-refractivity contribution in [3.63, 3.8) is 0 Å². The van der Waals surface area contributed by atoms with E-state index in [9.17, 15) is 4.79 Å². The van der Waals surface area contributed by atoms with E-state index in [1.165, 1.54) is 19.3 Å². The molecule has 0 aromatic rings. The molecule has 4 nitrogen and oxygen atoms in total. The first-order chi connectivity index (χ1) is 9.35. The lowest BCUT2D eigenvalue weighted by Crippen LogP contribution is -2.36. The standard InChI is InChI=1S/C15H26INO3/c1-15(2,3)20-14(18)17-9-12(16)13(10-17)19-8-4-5-11-6-7-11/h11-13H,4-10H2,1-3H3. The Kier molecular flexibility index (Phi) is 5.56. The van der Waals surface area contributed by atoms with Crippen LogP contribution < -0.4 is 0 Å². The lowest BCUT2D eigenvalue weighted by molar-refractivity contribution is 0.0209. The van der Waals surface area contributed by atoms with Crippen molar-refractivity contribution in [1.29, 1.82) is 0 Å². The SMILES string of the molecule is CC(C)(C)OC(=O)N1CC(I)C(OCCCC2CC2)C1. The molecule has 0 bridgehead atoms. The first-order valence-corrected chi connectivity index (χ1v) is 8.83. The van der Waals surface area contributed by atoms with Gasteiger partial charge in [-0.1, -0.05) is 35.4 Å². The highest BCUT2D eigenvalue weighted by molar-refractivity contribution is 14.1. The molecule has 0 aromatic heterocycles. The molecular weight excluding hydrogens is 369 g/mol. The summed E-state index contributed by atoms with van der Waals surface area (Å²) in [5.41, 5.74) is -0.430. The van der Waals surface area contributed by atoms with Crippen LogP contribution in [0, 0.1) is 5.92 Å². The molecule has 0 radical (unpaired) electrons. The molecule has 2 atom stereocenters. The smallest absolute Gasteiger partial charge is 0.410 e. The average Bonchev–Trinajstić information content (AvgIpc) is 3.06. The van der Waals surface area contributed by atoms with E-state index in [0.29, 0.717) is 10.5 Å².